The molecule has 0 unspecified atom stereocenters. The Morgan fingerprint density at radius 1 is 1.00 bits per heavy atom. The van der Waals surface area contributed by atoms with Gasteiger partial charge in [0.2, 0.25) is 5.91 Å². The van der Waals surface area contributed by atoms with Crippen LogP contribution in [-0.4, -0.2) is 38.3 Å². The molecule has 0 saturated carbocycles. The van der Waals surface area contributed by atoms with E-state index in [-0.39, 0.29) is 18.9 Å². The first-order valence-electron chi connectivity index (χ1n) is 9.22. The van der Waals surface area contributed by atoms with Crippen LogP contribution in [0.4, 0.5) is 5.69 Å². The largest absolute Gasteiger partial charge is 0.492 e. The third-order valence-corrected chi connectivity index (χ3v) is 4.30. The van der Waals surface area contributed by atoms with Gasteiger partial charge in [-0.05, 0) is 55.8 Å². The van der Waals surface area contributed by atoms with Gasteiger partial charge in [0.25, 0.3) is 0 Å². The van der Waals surface area contributed by atoms with E-state index in [0.717, 1.165) is 0 Å². The third kappa shape index (κ3) is 8.31. The second kappa shape index (κ2) is 12.3. The van der Waals surface area contributed by atoms with Crippen LogP contribution in [0.15, 0.2) is 42.5 Å². The molecular weight excluding hydrogens is 417 g/mol. The lowest BCUT2D eigenvalue weighted by atomic mass is 10.2. The molecule has 0 saturated heterocycles. The molecule has 1 amide bonds. The molecule has 2 aromatic carbocycles. The van der Waals surface area contributed by atoms with Gasteiger partial charge in [0.05, 0.1) is 23.8 Å². The number of carbonyl (C=O) groups is 2. The van der Waals surface area contributed by atoms with Gasteiger partial charge in [0, 0.05) is 23.7 Å². The summed E-state index contributed by atoms with van der Waals surface area (Å²) < 4.78 is 15.8. The summed E-state index contributed by atoms with van der Waals surface area (Å²) in [6.45, 7) is 3.37. The molecule has 6 nitrogen and oxygen atoms in total. The van der Waals surface area contributed by atoms with E-state index >= 15 is 0 Å². The summed E-state index contributed by atoms with van der Waals surface area (Å²) in [6.07, 6.45) is 0.807. The molecule has 0 bridgehead atoms. The summed E-state index contributed by atoms with van der Waals surface area (Å²) in [5.74, 6) is -0.0522. The zero-order chi connectivity index (χ0) is 21.1. The van der Waals surface area contributed by atoms with Crippen LogP contribution in [0.5, 0.6) is 5.75 Å². The van der Waals surface area contributed by atoms with E-state index in [4.69, 9.17) is 37.4 Å². The molecule has 2 rings (SSSR count). The van der Waals surface area contributed by atoms with E-state index in [1.165, 1.54) is 0 Å². The van der Waals surface area contributed by atoms with Crippen molar-refractivity contribution in [1.29, 1.82) is 0 Å². The van der Waals surface area contributed by atoms with E-state index in [0.29, 0.717) is 53.3 Å². The minimum absolute atomic E-state index is 0.150. The lowest BCUT2D eigenvalue weighted by molar-refractivity contribution is -0.116. The van der Waals surface area contributed by atoms with Gasteiger partial charge in [-0.1, -0.05) is 23.2 Å². The Morgan fingerprint density at radius 3 is 2.45 bits per heavy atom. The van der Waals surface area contributed by atoms with Crippen molar-refractivity contribution >= 4 is 40.8 Å². The van der Waals surface area contributed by atoms with Crippen LogP contribution in [0.1, 0.15) is 30.1 Å². The van der Waals surface area contributed by atoms with Gasteiger partial charge >= 0.3 is 5.97 Å². The first-order chi connectivity index (χ1) is 14.0. The van der Waals surface area contributed by atoms with E-state index in [9.17, 15) is 9.59 Å². The highest BCUT2D eigenvalue weighted by atomic mass is 35.5. The summed E-state index contributed by atoms with van der Waals surface area (Å²) in [5.41, 5.74) is 1.01. The maximum atomic E-state index is 12.0. The van der Waals surface area contributed by atoms with E-state index < -0.39 is 5.97 Å². The van der Waals surface area contributed by atoms with Crippen LogP contribution >= 0.6 is 23.2 Å². The fourth-order valence-corrected chi connectivity index (χ4v) is 2.80. The van der Waals surface area contributed by atoms with E-state index in [1.54, 1.807) is 42.5 Å². The number of rotatable bonds is 11. The van der Waals surface area contributed by atoms with Gasteiger partial charge in [-0.15, -0.1) is 0 Å². The maximum Gasteiger partial charge on any atom is 0.338 e. The van der Waals surface area contributed by atoms with Gasteiger partial charge in [0.1, 0.15) is 12.4 Å². The SMILES string of the molecule is CCOCCOC(=O)c1ccc(NC(=O)CCCOc2ccc(Cl)cc2Cl)cc1. The minimum atomic E-state index is -0.430. The number of hydrogen-bond acceptors (Lipinski definition) is 5. The quantitative estimate of drug-likeness (QED) is 0.394. The van der Waals surface area contributed by atoms with Crippen molar-refractivity contribution < 1.29 is 23.8 Å². The summed E-state index contributed by atoms with van der Waals surface area (Å²) in [6, 6.07) is 11.5. The van der Waals surface area contributed by atoms with Crippen LogP contribution in [-0.2, 0) is 14.3 Å². The van der Waals surface area contributed by atoms with E-state index in [1.807, 2.05) is 6.92 Å². The Labute approximate surface area is 180 Å². The van der Waals surface area contributed by atoms with Gasteiger partial charge in [-0.2, -0.15) is 0 Å². The fraction of sp³-hybridized carbons (Fsp3) is 0.333. The Hall–Kier alpha value is -2.28. The molecule has 1 N–H and O–H groups in total. The molecule has 156 valence electrons. The summed E-state index contributed by atoms with van der Waals surface area (Å²) in [7, 11) is 0. The lowest BCUT2D eigenvalue weighted by Gasteiger charge is -2.09. The third-order valence-electron chi connectivity index (χ3n) is 3.77. The average Bonchev–Trinajstić information content (AvgIpc) is 2.70. The van der Waals surface area contributed by atoms with Gasteiger partial charge in [0.15, 0.2) is 0 Å². The fourth-order valence-electron chi connectivity index (χ4n) is 2.34. The number of anilines is 1. The molecule has 0 radical (unpaired) electrons. The standard InChI is InChI=1S/C21H23Cl2NO5/c1-2-27-12-13-29-21(26)15-5-8-17(9-6-15)24-20(25)4-3-11-28-19-10-7-16(22)14-18(19)23/h5-10,14H,2-4,11-13H2,1H3,(H,24,25). The number of esters is 1. The predicted octanol–water partition coefficient (Wildman–Crippen LogP) is 4.98. The molecule has 0 aliphatic heterocycles. The molecular formula is C21H23Cl2NO5. The topological polar surface area (TPSA) is 73.9 Å². The normalized spacial score (nSPS) is 10.4. The summed E-state index contributed by atoms with van der Waals surface area (Å²) in [4.78, 5) is 23.9. The molecule has 8 heteroatoms. The highest BCUT2D eigenvalue weighted by Crippen LogP contribution is 2.27. The first kappa shape index (κ1) is 23.0. The molecule has 29 heavy (non-hydrogen) atoms. The second-order valence-electron chi connectivity index (χ2n) is 5.99. The zero-order valence-corrected chi connectivity index (χ0v) is 17.6. The molecule has 0 atom stereocenters. The monoisotopic (exact) mass is 439 g/mol. The Balaban J connectivity index is 1.70. The highest BCUT2D eigenvalue weighted by Gasteiger charge is 2.08. The number of nitrogens with one attached hydrogen (secondary N) is 1. The Morgan fingerprint density at radius 2 is 1.76 bits per heavy atom. The van der Waals surface area contributed by atoms with Crippen molar-refractivity contribution in [2.45, 2.75) is 19.8 Å². The molecule has 0 spiro atoms. The predicted molar refractivity (Wildman–Crippen MR) is 113 cm³/mol. The van der Waals surface area contributed by atoms with Gasteiger partial charge in [-0.25, -0.2) is 4.79 Å². The van der Waals surface area contributed by atoms with Crippen LogP contribution in [0.25, 0.3) is 0 Å². The number of amides is 1. The van der Waals surface area contributed by atoms with Crippen molar-refractivity contribution in [3.63, 3.8) is 0 Å². The van der Waals surface area contributed by atoms with Crippen molar-refractivity contribution in [1.82, 2.24) is 0 Å². The molecule has 0 aromatic heterocycles. The number of hydrogen-bond donors (Lipinski definition) is 1. The van der Waals surface area contributed by atoms with Gasteiger partial charge in [-0.3, -0.25) is 4.79 Å². The first-order valence-corrected chi connectivity index (χ1v) is 9.98. The molecule has 0 fully saturated rings. The minimum Gasteiger partial charge on any atom is -0.492 e. The Kier molecular flexibility index (Phi) is 9.77. The molecule has 2 aromatic rings. The van der Waals surface area contributed by atoms with Crippen molar-refractivity contribution in [3.8, 4) is 5.75 Å². The highest BCUT2D eigenvalue weighted by molar-refractivity contribution is 6.35. The average molecular weight is 440 g/mol. The van der Waals surface area contributed by atoms with E-state index in [2.05, 4.69) is 5.32 Å². The smallest absolute Gasteiger partial charge is 0.338 e. The number of benzene rings is 2. The van der Waals surface area contributed by atoms with Gasteiger partial charge < -0.3 is 19.5 Å². The number of halogens is 2. The van der Waals surface area contributed by atoms with Crippen LogP contribution in [0, 0.1) is 0 Å². The molecule has 0 heterocycles. The summed E-state index contributed by atoms with van der Waals surface area (Å²) in [5, 5.41) is 3.74. The molecule has 0 aliphatic carbocycles. The second-order valence-corrected chi connectivity index (χ2v) is 6.83. The van der Waals surface area contributed by atoms with Crippen LogP contribution in [0.3, 0.4) is 0 Å². The van der Waals surface area contributed by atoms with Crippen LogP contribution in [0.2, 0.25) is 10.0 Å². The Bertz CT molecular complexity index is 811. The number of carbonyl (C=O) groups excluding carboxylic acids is 2. The van der Waals surface area contributed by atoms with Crippen molar-refractivity contribution in [3.05, 3.63) is 58.1 Å². The zero-order valence-electron chi connectivity index (χ0n) is 16.1. The number of ether oxygens (including phenoxy) is 3. The van der Waals surface area contributed by atoms with Crippen LogP contribution < -0.4 is 10.1 Å². The van der Waals surface area contributed by atoms with Crippen molar-refractivity contribution in [2.24, 2.45) is 0 Å². The summed E-state index contributed by atoms with van der Waals surface area (Å²) >= 11 is 11.9. The molecule has 0 aliphatic rings. The lowest BCUT2D eigenvalue weighted by Crippen LogP contribution is -2.13. The maximum absolute atomic E-state index is 12.0. The van der Waals surface area contributed by atoms with Crippen molar-refractivity contribution in [2.75, 3.05) is 31.7 Å².